The summed E-state index contributed by atoms with van der Waals surface area (Å²) in [5.74, 6) is -1.19. The number of nitrogens with zero attached hydrogens (tertiary/aromatic N) is 1. The van der Waals surface area contributed by atoms with E-state index in [1.54, 1.807) is 56.4 Å². The van der Waals surface area contributed by atoms with Gasteiger partial charge in [0.2, 0.25) is 0 Å². The zero-order valence-electron chi connectivity index (χ0n) is 14.3. The van der Waals surface area contributed by atoms with E-state index < -0.39 is 11.7 Å². The molecule has 0 unspecified atom stereocenters. The minimum atomic E-state index is -0.501. The first-order valence-corrected chi connectivity index (χ1v) is 8.83. The van der Waals surface area contributed by atoms with E-state index in [0.29, 0.717) is 16.1 Å². The van der Waals surface area contributed by atoms with Crippen molar-refractivity contribution in [3.63, 3.8) is 0 Å². The number of para-hydroxylation sites is 1. The Balaban J connectivity index is 1.89. The first kappa shape index (κ1) is 17.8. The van der Waals surface area contributed by atoms with E-state index >= 15 is 0 Å². The number of amides is 2. The SMILES string of the molecule is Cc1ccc(NC(=O)c2ccccc2N(C)C(=O)c2cccs2)c(F)c1. The number of carbonyl (C=O) groups is 2. The predicted octanol–water partition coefficient (Wildman–Crippen LogP) is 4.72. The summed E-state index contributed by atoms with van der Waals surface area (Å²) in [7, 11) is 1.61. The van der Waals surface area contributed by atoms with Crippen molar-refractivity contribution in [3.8, 4) is 0 Å². The lowest BCUT2D eigenvalue weighted by molar-refractivity contribution is 0.0996. The summed E-state index contributed by atoms with van der Waals surface area (Å²) >= 11 is 1.33. The van der Waals surface area contributed by atoms with E-state index in [4.69, 9.17) is 0 Å². The Hall–Kier alpha value is -2.99. The van der Waals surface area contributed by atoms with Crippen molar-refractivity contribution in [2.45, 2.75) is 6.92 Å². The van der Waals surface area contributed by atoms with E-state index in [9.17, 15) is 14.0 Å². The van der Waals surface area contributed by atoms with Crippen LogP contribution in [0.1, 0.15) is 25.6 Å². The zero-order chi connectivity index (χ0) is 18.7. The molecule has 0 saturated heterocycles. The molecule has 2 aromatic carbocycles. The van der Waals surface area contributed by atoms with Crippen molar-refractivity contribution < 1.29 is 14.0 Å². The summed E-state index contributed by atoms with van der Waals surface area (Å²) in [6.07, 6.45) is 0. The number of nitrogens with one attached hydrogen (secondary N) is 1. The van der Waals surface area contributed by atoms with Crippen LogP contribution in [0.5, 0.6) is 0 Å². The number of rotatable bonds is 4. The largest absolute Gasteiger partial charge is 0.319 e. The number of carbonyl (C=O) groups excluding carboxylic acids is 2. The summed E-state index contributed by atoms with van der Waals surface area (Å²) < 4.78 is 14.0. The number of anilines is 2. The molecular formula is C20H17FN2O2S. The lowest BCUT2D eigenvalue weighted by atomic mass is 10.1. The molecule has 1 N–H and O–H groups in total. The third kappa shape index (κ3) is 3.65. The van der Waals surface area contributed by atoms with E-state index in [1.165, 1.54) is 28.4 Å². The molecule has 0 bridgehead atoms. The highest BCUT2D eigenvalue weighted by Gasteiger charge is 2.20. The quantitative estimate of drug-likeness (QED) is 0.724. The van der Waals surface area contributed by atoms with Crippen molar-refractivity contribution in [1.29, 1.82) is 0 Å². The number of aryl methyl sites for hydroxylation is 1. The molecule has 2 amide bonds. The van der Waals surface area contributed by atoms with Crippen LogP contribution in [0.25, 0.3) is 0 Å². The second-order valence-electron chi connectivity index (χ2n) is 5.80. The maximum atomic E-state index is 14.0. The Morgan fingerprint density at radius 3 is 2.54 bits per heavy atom. The molecule has 0 aliphatic heterocycles. The van der Waals surface area contributed by atoms with Crippen molar-refractivity contribution in [1.82, 2.24) is 0 Å². The Morgan fingerprint density at radius 1 is 1.08 bits per heavy atom. The Kier molecular flexibility index (Phi) is 5.14. The second-order valence-corrected chi connectivity index (χ2v) is 6.74. The Morgan fingerprint density at radius 2 is 1.85 bits per heavy atom. The molecule has 132 valence electrons. The van der Waals surface area contributed by atoms with Gasteiger partial charge >= 0.3 is 0 Å². The van der Waals surface area contributed by atoms with Crippen LogP contribution in [0.4, 0.5) is 15.8 Å². The number of thiophene rings is 1. The number of benzene rings is 2. The standard InChI is InChI=1S/C20H17FN2O2S/c1-13-9-10-16(15(21)12-13)22-19(24)14-6-3-4-7-17(14)23(2)20(25)18-8-5-11-26-18/h3-12H,1-2H3,(H,22,24). The third-order valence-electron chi connectivity index (χ3n) is 3.92. The van der Waals surface area contributed by atoms with Crippen LogP contribution in [0.15, 0.2) is 60.0 Å². The second kappa shape index (κ2) is 7.49. The van der Waals surface area contributed by atoms with Crippen LogP contribution in [-0.4, -0.2) is 18.9 Å². The molecule has 6 heteroatoms. The van der Waals surface area contributed by atoms with Crippen LogP contribution >= 0.6 is 11.3 Å². The van der Waals surface area contributed by atoms with Gasteiger partial charge in [-0.2, -0.15) is 0 Å². The monoisotopic (exact) mass is 368 g/mol. The number of hydrogen-bond acceptors (Lipinski definition) is 3. The van der Waals surface area contributed by atoms with Gasteiger partial charge in [0.1, 0.15) is 5.82 Å². The van der Waals surface area contributed by atoms with Gasteiger partial charge in [-0.3, -0.25) is 9.59 Å². The van der Waals surface area contributed by atoms with Crippen LogP contribution < -0.4 is 10.2 Å². The van der Waals surface area contributed by atoms with Crippen molar-refractivity contribution in [2.75, 3.05) is 17.3 Å². The van der Waals surface area contributed by atoms with Gasteiger partial charge in [0, 0.05) is 7.05 Å². The van der Waals surface area contributed by atoms with Crippen molar-refractivity contribution >= 4 is 34.5 Å². The Labute approximate surface area is 154 Å². The fourth-order valence-corrected chi connectivity index (χ4v) is 3.24. The van der Waals surface area contributed by atoms with Gasteiger partial charge in [-0.05, 0) is 48.2 Å². The first-order chi connectivity index (χ1) is 12.5. The minimum Gasteiger partial charge on any atom is -0.319 e. The van der Waals surface area contributed by atoms with E-state index in [2.05, 4.69) is 5.32 Å². The molecule has 3 aromatic rings. The Bertz CT molecular complexity index is 954. The first-order valence-electron chi connectivity index (χ1n) is 7.95. The molecule has 1 heterocycles. The highest BCUT2D eigenvalue weighted by Crippen LogP contribution is 2.24. The summed E-state index contributed by atoms with van der Waals surface area (Å²) in [5.41, 5.74) is 1.61. The highest BCUT2D eigenvalue weighted by atomic mass is 32.1. The molecule has 0 aliphatic carbocycles. The van der Waals surface area contributed by atoms with Crippen LogP contribution in [-0.2, 0) is 0 Å². The van der Waals surface area contributed by atoms with E-state index in [-0.39, 0.29) is 11.6 Å². The van der Waals surface area contributed by atoms with Crippen LogP contribution in [0.3, 0.4) is 0 Å². The molecule has 0 spiro atoms. The minimum absolute atomic E-state index is 0.0997. The summed E-state index contributed by atoms with van der Waals surface area (Å²) in [4.78, 5) is 27.2. The van der Waals surface area contributed by atoms with Gasteiger partial charge < -0.3 is 10.2 Å². The molecule has 0 aliphatic rings. The smallest absolute Gasteiger partial charge is 0.268 e. The van der Waals surface area contributed by atoms with Crippen LogP contribution in [0, 0.1) is 12.7 Å². The summed E-state index contributed by atoms with van der Waals surface area (Å²) in [6.45, 7) is 1.77. The van der Waals surface area contributed by atoms with Gasteiger partial charge in [-0.15, -0.1) is 11.3 Å². The fourth-order valence-electron chi connectivity index (χ4n) is 2.54. The molecule has 26 heavy (non-hydrogen) atoms. The van der Waals surface area contributed by atoms with Gasteiger partial charge in [0.15, 0.2) is 0 Å². The average molecular weight is 368 g/mol. The molecule has 3 rings (SSSR count). The van der Waals surface area contributed by atoms with Gasteiger partial charge in [0.25, 0.3) is 11.8 Å². The number of halogens is 1. The lowest BCUT2D eigenvalue weighted by Gasteiger charge is -2.20. The normalized spacial score (nSPS) is 10.4. The molecule has 4 nitrogen and oxygen atoms in total. The summed E-state index contributed by atoms with van der Waals surface area (Å²) in [6, 6.07) is 14.9. The van der Waals surface area contributed by atoms with Crippen molar-refractivity contribution in [3.05, 3.63) is 81.8 Å². The maximum absolute atomic E-state index is 14.0. The molecule has 0 radical (unpaired) electrons. The molecule has 0 saturated carbocycles. The molecule has 0 atom stereocenters. The topological polar surface area (TPSA) is 49.4 Å². The average Bonchev–Trinajstić information content (AvgIpc) is 3.17. The van der Waals surface area contributed by atoms with Gasteiger partial charge in [0.05, 0.1) is 21.8 Å². The molecule has 1 aromatic heterocycles. The van der Waals surface area contributed by atoms with Crippen LogP contribution in [0.2, 0.25) is 0 Å². The molecule has 0 fully saturated rings. The zero-order valence-corrected chi connectivity index (χ0v) is 15.1. The highest BCUT2D eigenvalue weighted by molar-refractivity contribution is 7.12. The third-order valence-corrected chi connectivity index (χ3v) is 4.78. The van der Waals surface area contributed by atoms with E-state index in [0.717, 1.165) is 5.56 Å². The van der Waals surface area contributed by atoms with Crippen molar-refractivity contribution in [2.24, 2.45) is 0 Å². The molecular weight excluding hydrogens is 351 g/mol. The van der Waals surface area contributed by atoms with Gasteiger partial charge in [-0.1, -0.05) is 24.3 Å². The predicted molar refractivity (Wildman–Crippen MR) is 103 cm³/mol. The maximum Gasteiger partial charge on any atom is 0.268 e. The van der Waals surface area contributed by atoms with E-state index in [1.807, 2.05) is 5.38 Å². The van der Waals surface area contributed by atoms with Gasteiger partial charge in [-0.25, -0.2) is 4.39 Å². The fraction of sp³-hybridized carbons (Fsp3) is 0.100. The lowest BCUT2D eigenvalue weighted by Crippen LogP contribution is -2.28. The number of hydrogen-bond donors (Lipinski definition) is 1. The summed E-state index contributed by atoms with van der Waals surface area (Å²) in [5, 5.41) is 4.39.